The minimum atomic E-state index is -0.732. The Kier molecular flexibility index (Phi) is 6.80. The standard InChI is InChI=1S/C24H24FN3O2/c1-16(2)22(28-23(29)17-8-10-18(25)11-9-17)24(30)27-21-14-12-20(13-15-21)26-19-6-4-3-5-7-19/h3-16,22,26H,1-2H3,(H,27,30)(H,28,29). The zero-order valence-corrected chi connectivity index (χ0v) is 16.9. The molecular weight excluding hydrogens is 381 g/mol. The van der Waals surface area contributed by atoms with Gasteiger partial charge in [0.25, 0.3) is 5.91 Å². The van der Waals surface area contributed by atoms with Gasteiger partial charge in [-0.25, -0.2) is 4.39 Å². The van der Waals surface area contributed by atoms with Crippen molar-refractivity contribution in [2.24, 2.45) is 5.92 Å². The van der Waals surface area contributed by atoms with Crippen molar-refractivity contribution in [2.45, 2.75) is 19.9 Å². The van der Waals surface area contributed by atoms with Gasteiger partial charge in [-0.05, 0) is 66.6 Å². The van der Waals surface area contributed by atoms with Gasteiger partial charge < -0.3 is 16.0 Å². The SMILES string of the molecule is CC(C)C(NC(=O)c1ccc(F)cc1)C(=O)Nc1ccc(Nc2ccccc2)cc1. The van der Waals surface area contributed by atoms with E-state index >= 15 is 0 Å². The molecule has 0 aromatic heterocycles. The number of hydrogen-bond acceptors (Lipinski definition) is 3. The second-order valence-electron chi connectivity index (χ2n) is 7.26. The zero-order chi connectivity index (χ0) is 21.5. The van der Waals surface area contributed by atoms with Gasteiger partial charge in [0, 0.05) is 22.6 Å². The largest absolute Gasteiger partial charge is 0.356 e. The van der Waals surface area contributed by atoms with Crippen LogP contribution in [0.2, 0.25) is 0 Å². The third kappa shape index (κ3) is 5.67. The number of halogens is 1. The molecule has 154 valence electrons. The van der Waals surface area contributed by atoms with Crippen LogP contribution >= 0.6 is 0 Å². The Morgan fingerprint density at radius 1 is 0.767 bits per heavy atom. The molecule has 3 rings (SSSR count). The van der Waals surface area contributed by atoms with Gasteiger partial charge in [0.05, 0.1) is 0 Å². The molecule has 0 heterocycles. The smallest absolute Gasteiger partial charge is 0.251 e. The molecule has 0 radical (unpaired) electrons. The van der Waals surface area contributed by atoms with Gasteiger partial charge in [-0.3, -0.25) is 9.59 Å². The van der Waals surface area contributed by atoms with Crippen LogP contribution in [0.25, 0.3) is 0 Å². The van der Waals surface area contributed by atoms with Gasteiger partial charge in [0.15, 0.2) is 0 Å². The van der Waals surface area contributed by atoms with Crippen LogP contribution in [0, 0.1) is 11.7 Å². The molecule has 0 aliphatic rings. The highest BCUT2D eigenvalue weighted by atomic mass is 19.1. The quantitative estimate of drug-likeness (QED) is 0.520. The summed E-state index contributed by atoms with van der Waals surface area (Å²) in [5.74, 6) is -1.29. The maximum Gasteiger partial charge on any atom is 0.251 e. The fraction of sp³-hybridized carbons (Fsp3) is 0.167. The summed E-state index contributed by atoms with van der Waals surface area (Å²) in [6.45, 7) is 3.70. The lowest BCUT2D eigenvalue weighted by Crippen LogP contribution is -2.47. The molecule has 0 bridgehead atoms. The Bertz CT molecular complexity index is 987. The lowest BCUT2D eigenvalue weighted by molar-refractivity contribution is -0.118. The van der Waals surface area contributed by atoms with E-state index in [4.69, 9.17) is 0 Å². The summed E-state index contributed by atoms with van der Waals surface area (Å²) >= 11 is 0. The first-order chi connectivity index (χ1) is 14.4. The minimum Gasteiger partial charge on any atom is -0.356 e. The summed E-state index contributed by atoms with van der Waals surface area (Å²) in [5, 5.41) is 8.85. The van der Waals surface area contributed by atoms with Gasteiger partial charge in [-0.2, -0.15) is 0 Å². The van der Waals surface area contributed by atoms with E-state index in [1.54, 1.807) is 12.1 Å². The highest BCUT2D eigenvalue weighted by Gasteiger charge is 2.24. The molecule has 2 amide bonds. The van der Waals surface area contributed by atoms with E-state index in [1.807, 2.05) is 56.3 Å². The second kappa shape index (κ2) is 9.69. The maximum absolute atomic E-state index is 13.1. The normalized spacial score (nSPS) is 11.6. The molecule has 0 saturated carbocycles. The number of benzene rings is 3. The number of carbonyl (C=O) groups excluding carboxylic acids is 2. The Morgan fingerprint density at radius 3 is 1.93 bits per heavy atom. The monoisotopic (exact) mass is 405 g/mol. The zero-order valence-electron chi connectivity index (χ0n) is 16.9. The summed E-state index contributed by atoms with van der Waals surface area (Å²) in [7, 11) is 0. The first-order valence-electron chi connectivity index (χ1n) is 9.72. The molecule has 0 aliphatic heterocycles. The summed E-state index contributed by atoms with van der Waals surface area (Å²) in [6.07, 6.45) is 0. The number of para-hydroxylation sites is 1. The molecule has 0 saturated heterocycles. The van der Waals surface area contributed by atoms with E-state index < -0.39 is 17.8 Å². The summed E-state index contributed by atoms with van der Waals surface area (Å²) in [4.78, 5) is 25.2. The van der Waals surface area contributed by atoms with Gasteiger partial charge in [-0.1, -0.05) is 32.0 Å². The van der Waals surface area contributed by atoms with Gasteiger partial charge >= 0.3 is 0 Å². The predicted molar refractivity (Wildman–Crippen MR) is 117 cm³/mol. The first-order valence-corrected chi connectivity index (χ1v) is 9.72. The van der Waals surface area contributed by atoms with Crippen LogP contribution in [-0.4, -0.2) is 17.9 Å². The second-order valence-corrected chi connectivity index (χ2v) is 7.26. The van der Waals surface area contributed by atoms with Crippen LogP contribution in [0.15, 0.2) is 78.9 Å². The Labute approximate surface area is 175 Å². The molecular formula is C24H24FN3O2. The lowest BCUT2D eigenvalue weighted by Gasteiger charge is -2.22. The van der Waals surface area contributed by atoms with E-state index in [0.717, 1.165) is 11.4 Å². The molecule has 1 atom stereocenters. The van der Waals surface area contributed by atoms with Gasteiger partial charge in [0.2, 0.25) is 5.91 Å². The average molecular weight is 405 g/mol. The van der Waals surface area contributed by atoms with Crippen LogP contribution in [0.4, 0.5) is 21.5 Å². The number of carbonyl (C=O) groups is 2. The van der Waals surface area contributed by atoms with Crippen molar-refractivity contribution in [3.05, 3.63) is 90.2 Å². The van der Waals surface area contributed by atoms with Crippen molar-refractivity contribution in [1.82, 2.24) is 5.32 Å². The van der Waals surface area contributed by atoms with Crippen LogP contribution in [0.1, 0.15) is 24.2 Å². The van der Waals surface area contributed by atoms with Crippen LogP contribution in [-0.2, 0) is 4.79 Å². The molecule has 6 heteroatoms. The number of rotatable bonds is 7. The predicted octanol–water partition coefficient (Wildman–Crippen LogP) is 4.96. The van der Waals surface area contributed by atoms with Crippen molar-refractivity contribution in [3.63, 3.8) is 0 Å². The molecule has 0 spiro atoms. The van der Waals surface area contributed by atoms with E-state index in [9.17, 15) is 14.0 Å². The number of hydrogen-bond donors (Lipinski definition) is 3. The van der Waals surface area contributed by atoms with Crippen molar-refractivity contribution >= 4 is 28.9 Å². The molecule has 3 aromatic carbocycles. The van der Waals surface area contributed by atoms with Crippen LogP contribution in [0.3, 0.4) is 0 Å². The van der Waals surface area contributed by atoms with E-state index in [2.05, 4.69) is 16.0 Å². The topological polar surface area (TPSA) is 70.2 Å². The third-order valence-electron chi connectivity index (χ3n) is 4.56. The van der Waals surface area contributed by atoms with Gasteiger partial charge in [0.1, 0.15) is 11.9 Å². The Hall–Kier alpha value is -3.67. The Morgan fingerprint density at radius 2 is 1.33 bits per heavy atom. The summed E-state index contributed by atoms with van der Waals surface area (Å²) in [6, 6.07) is 21.6. The lowest BCUT2D eigenvalue weighted by atomic mass is 10.0. The van der Waals surface area contributed by atoms with Crippen molar-refractivity contribution in [2.75, 3.05) is 10.6 Å². The highest BCUT2D eigenvalue weighted by molar-refractivity contribution is 6.01. The van der Waals surface area contributed by atoms with E-state index in [1.165, 1.54) is 24.3 Å². The van der Waals surface area contributed by atoms with Crippen molar-refractivity contribution < 1.29 is 14.0 Å². The molecule has 5 nitrogen and oxygen atoms in total. The highest BCUT2D eigenvalue weighted by Crippen LogP contribution is 2.19. The minimum absolute atomic E-state index is 0.131. The molecule has 0 fully saturated rings. The van der Waals surface area contributed by atoms with E-state index in [0.29, 0.717) is 11.3 Å². The average Bonchev–Trinajstić information content (AvgIpc) is 2.74. The molecule has 1 unspecified atom stereocenters. The molecule has 3 N–H and O–H groups in total. The van der Waals surface area contributed by atoms with Crippen LogP contribution in [0.5, 0.6) is 0 Å². The molecule has 0 aliphatic carbocycles. The number of amides is 2. The first kappa shape index (κ1) is 21.0. The molecule has 30 heavy (non-hydrogen) atoms. The van der Waals surface area contributed by atoms with Crippen molar-refractivity contribution in [3.8, 4) is 0 Å². The molecule has 3 aromatic rings. The van der Waals surface area contributed by atoms with Crippen molar-refractivity contribution in [1.29, 1.82) is 0 Å². The fourth-order valence-corrected chi connectivity index (χ4v) is 2.91. The summed E-state index contributed by atoms with van der Waals surface area (Å²) < 4.78 is 13.1. The fourth-order valence-electron chi connectivity index (χ4n) is 2.91. The maximum atomic E-state index is 13.1. The number of nitrogens with one attached hydrogen (secondary N) is 3. The summed E-state index contributed by atoms with van der Waals surface area (Å²) in [5.41, 5.74) is 2.79. The van der Waals surface area contributed by atoms with E-state index in [-0.39, 0.29) is 11.8 Å². The number of anilines is 3. The third-order valence-corrected chi connectivity index (χ3v) is 4.56. The Balaban J connectivity index is 1.63. The van der Waals surface area contributed by atoms with Crippen LogP contribution < -0.4 is 16.0 Å². The van der Waals surface area contributed by atoms with Gasteiger partial charge in [-0.15, -0.1) is 0 Å².